The lowest BCUT2D eigenvalue weighted by Gasteiger charge is -2.25. The van der Waals surface area contributed by atoms with Gasteiger partial charge in [-0.25, -0.2) is 13.8 Å². The van der Waals surface area contributed by atoms with Crippen molar-refractivity contribution in [3.63, 3.8) is 0 Å². The Morgan fingerprint density at radius 3 is 2.28 bits per heavy atom. The van der Waals surface area contributed by atoms with Crippen LogP contribution in [0.4, 0.5) is 5.69 Å². The monoisotopic (exact) mass is 457 g/mol. The van der Waals surface area contributed by atoms with Gasteiger partial charge in [-0.3, -0.25) is 9.10 Å². The largest absolute Gasteiger partial charge is 0.492 e. The Balaban J connectivity index is 1.87. The van der Waals surface area contributed by atoms with Crippen LogP contribution in [0.15, 0.2) is 64.6 Å². The van der Waals surface area contributed by atoms with Crippen molar-refractivity contribution in [2.75, 3.05) is 17.5 Å². The first-order valence-corrected chi connectivity index (χ1v) is 12.6. The molecule has 3 rings (SSSR count). The van der Waals surface area contributed by atoms with Gasteiger partial charge in [0.15, 0.2) is 0 Å². The number of nitrogens with zero attached hydrogens (tertiary/aromatic N) is 2. The summed E-state index contributed by atoms with van der Waals surface area (Å²) in [6.07, 6.45) is 7.43. The Bertz CT molecular complexity index is 1010. The topological polar surface area (TPSA) is 88.1 Å². The summed E-state index contributed by atoms with van der Waals surface area (Å²) in [7, 11) is -4.00. The fourth-order valence-corrected chi connectivity index (χ4v) is 5.15. The second-order valence-corrected chi connectivity index (χ2v) is 9.57. The van der Waals surface area contributed by atoms with E-state index >= 15 is 0 Å². The van der Waals surface area contributed by atoms with E-state index in [2.05, 4.69) is 10.5 Å². The summed E-state index contributed by atoms with van der Waals surface area (Å²) >= 11 is 0. The molecule has 0 bridgehead atoms. The van der Waals surface area contributed by atoms with Crippen molar-refractivity contribution < 1.29 is 17.9 Å². The van der Waals surface area contributed by atoms with Gasteiger partial charge in [-0.2, -0.15) is 5.10 Å². The Morgan fingerprint density at radius 1 is 0.969 bits per heavy atom. The number of ether oxygens (including phenoxy) is 1. The Hall–Kier alpha value is -2.87. The van der Waals surface area contributed by atoms with Crippen molar-refractivity contribution in [2.45, 2.75) is 56.8 Å². The van der Waals surface area contributed by atoms with Crippen LogP contribution >= 0.6 is 0 Å². The van der Waals surface area contributed by atoms with E-state index in [1.807, 2.05) is 6.92 Å². The lowest BCUT2D eigenvalue weighted by molar-refractivity contribution is -0.119. The molecule has 1 saturated carbocycles. The summed E-state index contributed by atoms with van der Waals surface area (Å²) in [5.74, 6) is -0.0981. The molecule has 2 aromatic rings. The van der Waals surface area contributed by atoms with Crippen LogP contribution in [0.25, 0.3) is 0 Å². The van der Waals surface area contributed by atoms with Crippen LogP contribution in [-0.2, 0) is 14.8 Å². The molecule has 0 saturated heterocycles. The third kappa shape index (κ3) is 6.32. The van der Waals surface area contributed by atoms with Gasteiger partial charge in [0.2, 0.25) is 0 Å². The molecule has 1 amide bonds. The molecule has 2 aromatic carbocycles. The molecule has 1 aliphatic carbocycles. The normalized spacial score (nSPS) is 14.7. The number of anilines is 1. The minimum absolute atomic E-state index is 0.102. The van der Waals surface area contributed by atoms with Crippen LogP contribution in [0.5, 0.6) is 5.75 Å². The second-order valence-electron chi connectivity index (χ2n) is 7.71. The van der Waals surface area contributed by atoms with Gasteiger partial charge in [0, 0.05) is 5.71 Å². The number of para-hydroxylation sites is 2. The van der Waals surface area contributed by atoms with Gasteiger partial charge in [0.25, 0.3) is 15.9 Å². The molecule has 1 aliphatic rings. The van der Waals surface area contributed by atoms with Crippen LogP contribution in [0.2, 0.25) is 0 Å². The van der Waals surface area contributed by atoms with Crippen molar-refractivity contribution in [1.82, 2.24) is 5.43 Å². The summed E-state index contributed by atoms with van der Waals surface area (Å²) in [5, 5.41) is 4.31. The third-order valence-electron chi connectivity index (χ3n) is 5.32. The van der Waals surface area contributed by atoms with E-state index in [-0.39, 0.29) is 4.90 Å². The first-order chi connectivity index (χ1) is 15.5. The van der Waals surface area contributed by atoms with Gasteiger partial charge in [-0.15, -0.1) is 0 Å². The predicted molar refractivity (Wildman–Crippen MR) is 126 cm³/mol. The molecule has 172 valence electrons. The highest BCUT2D eigenvalue weighted by Gasteiger charge is 2.29. The van der Waals surface area contributed by atoms with Crippen LogP contribution in [0, 0.1) is 0 Å². The molecule has 0 aromatic heterocycles. The zero-order valence-electron chi connectivity index (χ0n) is 18.5. The van der Waals surface area contributed by atoms with E-state index in [4.69, 9.17) is 4.74 Å². The summed E-state index contributed by atoms with van der Waals surface area (Å²) in [6, 6.07) is 14.9. The number of amides is 1. The molecule has 1 N–H and O–H groups in total. The van der Waals surface area contributed by atoms with E-state index < -0.39 is 22.5 Å². The molecule has 7 nitrogen and oxygen atoms in total. The lowest BCUT2D eigenvalue weighted by Crippen LogP contribution is -2.40. The summed E-state index contributed by atoms with van der Waals surface area (Å²) in [4.78, 5) is 12.9. The first kappa shape index (κ1) is 23.8. The average molecular weight is 458 g/mol. The van der Waals surface area contributed by atoms with Gasteiger partial charge in [-0.1, -0.05) is 49.6 Å². The molecule has 0 unspecified atom stereocenters. The highest BCUT2D eigenvalue weighted by atomic mass is 32.2. The van der Waals surface area contributed by atoms with Crippen LogP contribution in [-0.4, -0.2) is 33.2 Å². The predicted octanol–water partition coefficient (Wildman–Crippen LogP) is 4.50. The fraction of sp³-hybridized carbons (Fsp3) is 0.417. The number of sulfonamides is 1. The molecule has 0 heterocycles. The molecule has 32 heavy (non-hydrogen) atoms. The number of hydrazone groups is 1. The number of hydrogen-bond acceptors (Lipinski definition) is 5. The molecule has 0 aliphatic heterocycles. The van der Waals surface area contributed by atoms with Gasteiger partial charge in [0.05, 0.1) is 17.2 Å². The van der Waals surface area contributed by atoms with Crippen molar-refractivity contribution >= 4 is 27.3 Å². The van der Waals surface area contributed by atoms with Crippen LogP contribution in [0.3, 0.4) is 0 Å². The van der Waals surface area contributed by atoms with E-state index in [1.165, 1.54) is 31.4 Å². The summed E-state index contributed by atoms with van der Waals surface area (Å²) < 4.78 is 33.7. The zero-order chi connectivity index (χ0) is 22.8. The third-order valence-corrected chi connectivity index (χ3v) is 7.10. The smallest absolute Gasteiger partial charge is 0.264 e. The van der Waals surface area contributed by atoms with Crippen molar-refractivity contribution in [3.8, 4) is 5.75 Å². The van der Waals surface area contributed by atoms with Crippen LogP contribution in [0.1, 0.15) is 51.9 Å². The summed E-state index contributed by atoms with van der Waals surface area (Å²) in [6.45, 7) is 1.79. The standard InChI is InChI=1S/C24H31N3O4S/c1-2-31-23-18-12-11-17-22(23)27(32(29,30)21-15-9-6-10-16-21)19-24(28)26-25-20-13-7-4-3-5-8-14-20/h6,9-12,15-18H,2-5,7-8,13-14,19H2,1H3,(H,26,28). The van der Waals surface area contributed by atoms with Crippen LogP contribution < -0.4 is 14.5 Å². The molecule has 1 fully saturated rings. The van der Waals surface area contributed by atoms with Crippen molar-refractivity contribution in [1.29, 1.82) is 0 Å². The van der Waals surface area contributed by atoms with Crippen molar-refractivity contribution in [3.05, 3.63) is 54.6 Å². The first-order valence-electron chi connectivity index (χ1n) is 11.2. The quantitative estimate of drug-likeness (QED) is 0.591. The highest BCUT2D eigenvalue weighted by molar-refractivity contribution is 7.92. The fourth-order valence-electron chi connectivity index (χ4n) is 3.69. The van der Waals surface area contributed by atoms with Gasteiger partial charge < -0.3 is 4.74 Å². The van der Waals surface area contributed by atoms with E-state index in [0.717, 1.165) is 35.7 Å². The maximum Gasteiger partial charge on any atom is 0.264 e. The number of carbonyl (C=O) groups excluding carboxylic acids is 1. The van der Waals surface area contributed by atoms with Gasteiger partial charge >= 0.3 is 0 Å². The number of carbonyl (C=O) groups is 1. The summed E-state index contributed by atoms with van der Waals surface area (Å²) in [5.41, 5.74) is 3.85. The van der Waals surface area contributed by atoms with E-state index in [9.17, 15) is 13.2 Å². The van der Waals surface area contributed by atoms with E-state index in [1.54, 1.807) is 42.5 Å². The molecule has 0 spiro atoms. The number of hydrogen-bond donors (Lipinski definition) is 1. The maximum absolute atomic E-state index is 13.5. The van der Waals surface area contributed by atoms with Gasteiger partial charge in [-0.05, 0) is 56.9 Å². The Morgan fingerprint density at radius 2 is 1.59 bits per heavy atom. The highest BCUT2D eigenvalue weighted by Crippen LogP contribution is 2.32. The minimum atomic E-state index is -4.00. The SMILES string of the molecule is CCOc1ccccc1N(CC(=O)NN=C1CCCCCCC1)S(=O)(=O)c1ccccc1. The zero-order valence-corrected chi connectivity index (χ0v) is 19.3. The number of benzene rings is 2. The average Bonchev–Trinajstić information content (AvgIpc) is 2.78. The molecule has 0 radical (unpaired) electrons. The van der Waals surface area contributed by atoms with E-state index in [0.29, 0.717) is 18.0 Å². The lowest BCUT2D eigenvalue weighted by atomic mass is 9.99. The number of nitrogens with one attached hydrogen (secondary N) is 1. The van der Waals surface area contributed by atoms with Crippen molar-refractivity contribution in [2.24, 2.45) is 5.10 Å². The molecule has 8 heteroatoms. The second kappa shape index (κ2) is 11.7. The Labute approximate surface area is 190 Å². The molecular weight excluding hydrogens is 426 g/mol. The minimum Gasteiger partial charge on any atom is -0.492 e. The maximum atomic E-state index is 13.5. The Kier molecular flexibility index (Phi) is 8.67. The molecular formula is C24H31N3O4S. The van der Waals surface area contributed by atoms with Gasteiger partial charge in [0.1, 0.15) is 12.3 Å². The number of rotatable bonds is 8. The molecule has 0 atom stereocenters.